The van der Waals surface area contributed by atoms with E-state index in [0.29, 0.717) is 44.0 Å². The van der Waals surface area contributed by atoms with Crippen molar-refractivity contribution in [3.8, 4) is 39.4 Å². The third-order valence-corrected chi connectivity index (χ3v) is 12.4. The normalized spacial score (nSPS) is 17.6. The highest BCUT2D eigenvalue weighted by molar-refractivity contribution is 5.91. The van der Waals surface area contributed by atoms with Crippen LogP contribution in [0.5, 0.6) is 5.75 Å². The smallest absolute Gasteiger partial charge is 0.407 e. The van der Waals surface area contributed by atoms with Crippen LogP contribution >= 0.6 is 0 Å². The Labute approximate surface area is 364 Å². The number of ether oxygens (including phenoxy) is 3. The standard InChI is InChI=1S/C48H50N8O7/c1-28(25-50-47(59)61-2)21-41(57)55-19-7-12-39(55)45-52-37-27-63-40-24-33(17-18-35(40)43(37)53-45)31-13-14-32-23-34(16-15-30(32)22-31)36-26-49-44(51-36)38-11-8-20-56(38)46(58)42(54-48(60)62-3)29-9-5-4-6-10-29/h4-6,9-10,13-18,22-24,26,28,38-39,42H,7-8,11-12,19-21,25,27H2,1-3H3,(H,49,51)(H,50,59)(H,52,53)(H,54,60). The van der Waals surface area contributed by atoms with Gasteiger partial charge in [-0.1, -0.05) is 67.6 Å². The molecule has 0 radical (unpaired) electrons. The zero-order chi connectivity index (χ0) is 43.6. The van der Waals surface area contributed by atoms with E-state index in [1.54, 1.807) is 4.90 Å². The minimum Gasteiger partial charge on any atom is -0.487 e. The summed E-state index contributed by atoms with van der Waals surface area (Å²) in [6.45, 7) is 3.86. The lowest BCUT2D eigenvalue weighted by Gasteiger charge is -2.28. The summed E-state index contributed by atoms with van der Waals surface area (Å²) in [6.07, 6.45) is 4.23. The number of likely N-dealkylation sites (tertiary alicyclic amines) is 2. The van der Waals surface area contributed by atoms with Crippen LogP contribution in [0.2, 0.25) is 0 Å². The summed E-state index contributed by atoms with van der Waals surface area (Å²) in [5.41, 5.74) is 7.22. The zero-order valence-electron chi connectivity index (χ0n) is 35.5. The molecule has 63 heavy (non-hydrogen) atoms. The topological polar surface area (TPSA) is 184 Å². The number of aromatic amines is 2. The third-order valence-electron chi connectivity index (χ3n) is 12.4. The number of H-pyrrole nitrogens is 2. The van der Waals surface area contributed by atoms with E-state index in [2.05, 4.69) is 79.9 Å². The average Bonchev–Trinajstić information content (AvgIpc) is 4.16. The largest absolute Gasteiger partial charge is 0.487 e. The van der Waals surface area contributed by atoms with Gasteiger partial charge in [-0.15, -0.1) is 0 Å². The van der Waals surface area contributed by atoms with Crippen molar-refractivity contribution in [2.75, 3.05) is 33.9 Å². The number of fused-ring (bicyclic) bond motifs is 4. The number of carbonyl (C=O) groups excluding carboxylic acids is 4. The summed E-state index contributed by atoms with van der Waals surface area (Å²) in [5, 5.41) is 7.55. The molecule has 4 unspecified atom stereocenters. The van der Waals surface area contributed by atoms with Crippen molar-refractivity contribution in [3.05, 3.63) is 114 Å². The van der Waals surface area contributed by atoms with Crippen molar-refractivity contribution >= 4 is 34.8 Å². The van der Waals surface area contributed by atoms with E-state index >= 15 is 0 Å². The Bertz CT molecular complexity index is 2680. The van der Waals surface area contributed by atoms with E-state index < -0.39 is 18.2 Å². The molecular formula is C48H50N8O7. The molecule has 3 aliphatic rings. The van der Waals surface area contributed by atoms with Gasteiger partial charge in [-0.05, 0) is 83.3 Å². The Hall–Kier alpha value is -7.16. The highest BCUT2D eigenvalue weighted by atomic mass is 16.5. The van der Waals surface area contributed by atoms with Gasteiger partial charge in [-0.3, -0.25) is 9.59 Å². The van der Waals surface area contributed by atoms with E-state index in [0.717, 1.165) is 87.4 Å². The highest BCUT2D eigenvalue weighted by Gasteiger charge is 2.38. The predicted molar refractivity (Wildman–Crippen MR) is 235 cm³/mol. The second kappa shape index (κ2) is 17.7. The molecule has 0 spiro atoms. The molecule has 15 heteroatoms. The first-order valence-electron chi connectivity index (χ1n) is 21.4. The van der Waals surface area contributed by atoms with Crippen LogP contribution in [0.25, 0.3) is 44.4 Å². The average molecular weight is 851 g/mol. The summed E-state index contributed by atoms with van der Waals surface area (Å²) in [6, 6.07) is 26.8. The lowest BCUT2D eigenvalue weighted by atomic mass is 9.97. The van der Waals surface area contributed by atoms with Gasteiger partial charge in [-0.2, -0.15) is 0 Å². The predicted octanol–water partition coefficient (Wildman–Crippen LogP) is 7.99. The van der Waals surface area contributed by atoms with Crippen molar-refractivity contribution in [2.24, 2.45) is 5.92 Å². The summed E-state index contributed by atoms with van der Waals surface area (Å²) in [5.74, 6) is 2.02. The number of carbonyl (C=O) groups is 4. The van der Waals surface area contributed by atoms with Crippen molar-refractivity contribution < 1.29 is 33.4 Å². The molecule has 2 saturated heterocycles. The number of aromatic nitrogens is 4. The van der Waals surface area contributed by atoms with Crippen molar-refractivity contribution in [1.29, 1.82) is 0 Å². The molecule has 3 aliphatic heterocycles. The molecule has 9 rings (SSSR count). The van der Waals surface area contributed by atoms with Crippen LogP contribution in [0.4, 0.5) is 9.59 Å². The van der Waals surface area contributed by atoms with Gasteiger partial charge in [-0.25, -0.2) is 19.6 Å². The molecule has 15 nitrogen and oxygen atoms in total. The number of alkyl carbamates (subject to hydrolysis) is 2. The van der Waals surface area contributed by atoms with E-state index in [4.69, 9.17) is 19.4 Å². The van der Waals surface area contributed by atoms with Crippen LogP contribution < -0.4 is 15.4 Å². The van der Waals surface area contributed by atoms with Crippen LogP contribution in [0.1, 0.15) is 80.1 Å². The van der Waals surface area contributed by atoms with Crippen LogP contribution in [-0.2, 0) is 25.7 Å². The number of nitrogens with zero attached hydrogens (tertiary/aromatic N) is 4. The van der Waals surface area contributed by atoms with Gasteiger partial charge in [0, 0.05) is 37.2 Å². The summed E-state index contributed by atoms with van der Waals surface area (Å²) < 4.78 is 15.8. The van der Waals surface area contributed by atoms with Gasteiger partial charge in [0.1, 0.15) is 30.0 Å². The number of methoxy groups -OCH3 is 2. The fourth-order valence-electron chi connectivity index (χ4n) is 9.08. The summed E-state index contributed by atoms with van der Waals surface area (Å²) in [4.78, 5) is 71.6. The van der Waals surface area contributed by atoms with Crippen molar-refractivity contribution in [1.82, 2.24) is 40.4 Å². The van der Waals surface area contributed by atoms with Gasteiger partial charge in [0.05, 0.1) is 49.6 Å². The Balaban J connectivity index is 0.885. The Morgan fingerprint density at radius 2 is 1.49 bits per heavy atom. The fourth-order valence-corrected chi connectivity index (χ4v) is 9.08. The molecule has 4 aromatic carbocycles. The second-order valence-corrected chi connectivity index (χ2v) is 16.5. The lowest BCUT2D eigenvalue weighted by molar-refractivity contribution is -0.135. The number of amides is 4. The number of imidazole rings is 2. The molecule has 5 heterocycles. The maximum Gasteiger partial charge on any atom is 0.407 e. The monoisotopic (exact) mass is 850 g/mol. The van der Waals surface area contributed by atoms with Gasteiger partial charge in [0.25, 0.3) is 5.91 Å². The third kappa shape index (κ3) is 8.42. The summed E-state index contributed by atoms with van der Waals surface area (Å²) in [7, 11) is 2.60. The molecule has 4 amide bonds. The first kappa shape index (κ1) is 41.2. The van der Waals surface area contributed by atoms with Crippen LogP contribution in [0.3, 0.4) is 0 Å². The Morgan fingerprint density at radius 3 is 2.25 bits per heavy atom. The van der Waals surface area contributed by atoms with Crippen LogP contribution in [0.15, 0.2) is 91.1 Å². The maximum atomic E-state index is 14.0. The molecule has 2 fully saturated rings. The fraction of sp³-hybridized carbons (Fsp3) is 0.333. The minimum absolute atomic E-state index is 0.0388. The van der Waals surface area contributed by atoms with E-state index in [1.165, 1.54) is 14.2 Å². The first-order chi connectivity index (χ1) is 30.7. The second-order valence-electron chi connectivity index (χ2n) is 16.5. The molecule has 6 aromatic rings. The number of benzene rings is 4. The van der Waals surface area contributed by atoms with Gasteiger partial charge >= 0.3 is 12.2 Å². The van der Waals surface area contributed by atoms with Crippen LogP contribution in [-0.4, -0.2) is 87.6 Å². The number of nitrogens with one attached hydrogen (secondary N) is 4. The number of hydrogen-bond donors (Lipinski definition) is 4. The molecule has 324 valence electrons. The Morgan fingerprint density at radius 1 is 0.810 bits per heavy atom. The lowest BCUT2D eigenvalue weighted by Crippen LogP contribution is -2.42. The molecule has 2 aromatic heterocycles. The van der Waals surface area contributed by atoms with Gasteiger partial charge in [0.2, 0.25) is 5.91 Å². The minimum atomic E-state index is -0.885. The maximum absolute atomic E-state index is 14.0. The quantitative estimate of drug-likeness (QED) is 0.100. The van der Waals surface area contributed by atoms with Gasteiger partial charge < -0.3 is 44.6 Å². The van der Waals surface area contributed by atoms with E-state index in [1.807, 2.05) is 48.4 Å². The molecule has 4 atom stereocenters. The molecule has 4 N–H and O–H groups in total. The van der Waals surface area contributed by atoms with E-state index in [9.17, 15) is 19.2 Å². The molecule has 0 aliphatic carbocycles. The van der Waals surface area contributed by atoms with Crippen molar-refractivity contribution in [3.63, 3.8) is 0 Å². The molecule has 0 bridgehead atoms. The highest BCUT2D eigenvalue weighted by Crippen LogP contribution is 2.42. The Kier molecular flexibility index (Phi) is 11.6. The first-order valence-corrected chi connectivity index (χ1v) is 21.4. The number of rotatable bonds is 11. The SMILES string of the molecule is COC(=O)NCC(C)CC(=O)N1CCCC1c1nc2c([nH]1)COc1cc(-c3ccc4cc(-c5cnc(C6CCCN6C(=O)C(NC(=O)OC)c6ccccc6)[nH]5)ccc4c3)ccc1-2. The van der Waals surface area contributed by atoms with E-state index in [-0.39, 0.29) is 29.8 Å². The van der Waals surface area contributed by atoms with Crippen molar-refractivity contribution in [2.45, 2.75) is 63.8 Å². The zero-order valence-corrected chi connectivity index (χ0v) is 35.5. The molecule has 0 saturated carbocycles. The molecular weight excluding hydrogens is 801 g/mol. The summed E-state index contributed by atoms with van der Waals surface area (Å²) >= 11 is 0. The number of hydrogen-bond acceptors (Lipinski definition) is 9. The van der Waals surface area contributed by atoms with Gasteiger partial charge in [0.15, 0.2) is 0 Å². The van der Waals surface area contributed by atoms with Crippen LogP contribution in [0, 0.1) is 5.92 Å².